The predicted octanol–water partition coefficient (Wildman–Crippen LogP) is 3.00. The first-order valence-corrected chi connectivity index (χ1v) is 12.5. The van der Waals surface area contributed by atoms with E-state index in [9.17, 15) is 17.6 Å². The Morgan fingerprint density at radius 1 is 0.853 bits per heavy atom. The Morgan fingerprint density at radius 3 is 1.94 bits per heavy atom. The van der Waals surface area contributed by atoms with Crippen LogP contribution in [0.1, 0.15) is 11.1 Å². The van der Waals surface area contributed by atoms with Crippen molar-refractivity contribution in [1.82, 2.24) is 14.9 Å². The maximum Gasteiger partial charge on any atom is 0.244 e. The van der Waals surface area contributed by atoms with Crippen molar-refractivity contribution in [3.05, 3.63) is 102 Å². The van der Waals surface area contributed by atoms with Gasteiger partial charge in [0.25, 0.3) is 0 Å². The first kappa shape index (κ1) is 25.6. The van der Waals surface area contributed by atoms with Crippen molar-refractivity contribution in [1.29, 1.82) is 0 Å². The number of rotatable bonds is 11. The maximum absolute atomic E-state index is 14.2. The molecule has 180 valence electrons. The molecule has 3 aromatic carbocycles. The smallest absolute Gasteiger partial charge is 0.244 e. The van der Waals surface area contributed by atoms with Crippen molar-refractivity contribution in [2.45, 2.75) is 29.8 Å². The summed E-state index contributed by atoms with van der Waals surface area (Å²) < 4.78 is 42.4. The van der Waals surface area contributed by atoms with E-state index in [2.05, 4.69) is 10.0 Å². The number of hydrogen-bond donors (Lipinski definition) is 2. The first-order valence-electron chi connectivity index (χ1n) is 11.0. The molecule has 0 aliphatic heterocycles. The summed E-state index contributed by atoms with van der Waals surface area (Å²) >= 11 is 0. The standard InChI is InChI=1S/C26H30FN3O3S/c1-30(2)22(17-20-11-5-3-6-12-20)19-28-26(31)24(18-21-13-7-4-8-14-21)29-34(32,33)25-16-10-9-15-23(25)27/h3-16,22,24,29H,17-19H2,1-2H3,(H,28,31). The topological polar surface area (TPSA) is 78.5 Å². The third-order valence-electron chi connectivity index (χ3n) is 5.58. The molecule has 0 aliphatic rings. The van der Waals surface area contributed by atoms with E-state index in [1.54, 1.807) is 0 Å². The van der Waals surface area contributed by atoms with Gasteiger partial charge in [0.1, 0.15) is 16.8 Å². The fourth-order valence-electron chi connectivity index (χ4n) is 3.62. The molecule has 0 bridgehead atoms. The summed E-state index contributed by atoms with van der Waals surface area (Å²) in [5.41, 5.74) is 1.92. The van der Waals surface area contributed by atoms with Crippen LogP contribution in [0.15, 0.2) is 89.8 Å². The Labute approximate surface area is 200 Å². The molecule has 1 amide bonds. The maximum atomic E-state index is 14.2. The van der Waals surface area contributed by atoms with E-state index in [1.165, 1.54) is 18.2 Å². The van der Waals surface area contributed by atoms with Crippen LogP contribution < -0.4 is 10.0 Å². The zero-order valence-electron chi connectivity index (χ0n) is 19.3. The molecule has 6 nitrogen and oxygen atoms in total. The van der Waals surface area contributed by atoms with Gasteiger partial charge in [-0.25, -0.2) is 12.8 Å². The van der Waals surface area contributed by atoms with Crippen LogP contribution in [-0.4, -0.2) is 51.9 Å². The normalized spacial score (nSPS) is 13.4. The van der Waals surface area contributed by atoms with Crippen LogP contribution in [0.5, 0.6) is 0 Å². The number of carbonyl (C=O) groups excluding carboxylic acids is 1. The molecular formula is C26H30FN3O3S. The van der Waals surface area contributed by atoms with Gasteiger partial charge in [0.2, 0.25) is 15.9 Å². The van der Waals surface area contributed by atoms with Crippen LogP contribution in [0.3, 0.4) is 0 Å². The van der Waals surface area contributed by atoms with E-state index < -0.39 is 32.7 Å². The average molecular weight is 484 g/mol. The predicted molar refractivity (Wildman–Crippen MR) is 131 cm³/mol. The molecule has 8 heteroatoms. The van der Waals surface area contributed by atoms with Gasteiger partial charge in [-0.3, -0.25) is 4.79 Å². The number of amides is 1. The highest BCUT2D eigenvalue weighted by Crippen LogP contribution is 2.15. The molecule has 2 atom stereocenters. The van der Waals surface area contributed by atoms with E-state index in [1.807, 2.05) is 79.7 Å². The molecule has 2 unspecified atom stereocenters. The lowest BCUT2D eigenvalue weighted by atomic mass is 10.0. The van der Waals surface area contributed by atoms with E-state index in [-0.39, 0.29) is 12.5 Å². The molecule has 0 saturated heterocycles. The lowest BCUT2D eigenvalue weighted by Crippen LogP contribution is -2.51. The zero-order valence-corrected chi connectivity index (χ0v) is 20.1. The minimum absolute atomic E-state index is 0.00639. The second kappa shape index (κ2) is 11.9. The summed E-state index contributed by atoms with van der Waals surface area (Å²) in [6, 6.07) is 23.0. The highest BCUT2D eigenvalue weighted by Gasteiger charge is 2.28. The van der Waals surface area contributed by atoms with Crippen LogP contribution >= 0.6 is 0 Å². The molecule has 0 aliphatic carbocycles. The van der Waals surface area contributed by atoms with E-state index in [0.29, 0.717) is 6.54 Å². The number of likely N-dealkylation sites (N-methyl/N-ethyl adjacent to an activating group) is 1. The Hall–Kier alpha value is -3.07. The van der Waals surface area contributed by atoms with Crippen LogP contribution in [0, 0.1) is 5.82 Å². The van der Waals surface area contributed by atoms with Crippen LogP contribution in [0.25, 0.3) is 0 Å². The Balaban J connectivity index is 1.76. The second-order valence-corrected chi connectivity index (χ2v) is 10.0. The minimum atomic E-state index is -4.25. The lowest BCUT2D eigenvalue weighted by molar-refractivity contribution is -0.122. The molecule has 0 spiro atoms. The summed E-state index contributed by atoms with van der Waals surface area (Å²) in [5, 5.41) is 2.89. The van der Waals surface area contributed by atoms with Crippen molar-refractivity contribution in [2.24, 2.45) is 0 Å². The fourth-order valence-corrected chi connectivity index (χ4v) is 4.89. The third kappa shape index (κ3) is 7.21. The van der Waals surface area contributed by atoms with Gasteiger partial charge in [-0.2, -0.15) is 4.72 Å². The van der Waals surface area contributed by atoms with Crippen molar-refractivity contribution >= 4 is 15.9 Å². The van der Waals surface area contributed by atoms with E-state index in [4.69, 9.17) is 0 Å². The highest BCUT2D eigenvalue weighted by atomic mass is 32.2. The molecule has 3 rings (SSSR count). The third-order valence-corrected chi connectivity index (χ3v) is 7.08. The van der Waals surface area contributed by atoms with Crippen LogP contribution in [0.2, 0.25) is 0 Å². The summed E-state index contributed by atoms with van der Waals surface area (Å²) in [6.45, 7) is 0.327. The molecule has 0 radical (unpaired) electrons. The number of carbonyl (C=O) groups is 1. The largest absolute Gasteiger partial charge is 0.353 e. The zero-order chi connectivity index (χ0) is 24.6. The minimum Gasteiger partial charge on any atom is -0.353 e. The summed E-state index contributed by atoms with van der Waals surface area (Å²) in [6.07, 6.45) is 0.851. The molecule has 34 heavy (non-hydrogen) atoms. The van der Waals surface area contributed by atoms with Gasteiger partial charge in [0, 0.05) is 12.6 Å². The molecule has 0 aromatic heterocycles. The van der Waals surface area contributed by atoms with E-state index in [0.717, 1.165) is 23.6 Å². The second-order valence-electron chi connectivity index (χ2n) is 8.35. The highest BCUT2D eigenvalue weighted by molar-refractivity contribution is 7.89. The Bertz CT molecular complexity index is 1170. The number of nitrogens with zero attached hydrogens (tertiary/aromatic N) is 1. The summed E-state index contributed by atoms with van der Waals surface area (Å²) in [5.74, 6) is -1.34. The Kier molecular flexibility index (Phi) is 8.92. The number of hydrogen-bond acceptors (Lipinski definition) is 4. The number of halogens is 1. The summed E-state index contributed by atoms with van der Waals surface area (Å²) in [7, 11) is -0.390. The first-order chi connectivity index (χ1) is 16.3. The number of nitrogens with one attached hydrogen (secondary N) is 2. The fraction of sp³-hybridized carbons (Fsp3) is 0.269. The van der Waals surface area contributed by atoms with Crippen molar-refractivity contribution in [3.63, 3.8) is 0 Å². The van der Waals surface area contributed by atoms with E-state index >= 15 is 0 Å². The molecule has 0 fully saturated rings. The van der Waals surface area contributed by atoms with Crippen molar-refractivity contribution < 1.29 is 17.6 Å². The van der Waals surface area contributed by atoms with Crippen LogP contribution in [-0.2, 0) is 27.7 Å². The monoisotopic (exact) mass is 483 g/mol. The van der Waals surface area contributed by atoms with Crippen molar-refractivity contribution in [2.75, 3.05) is 20.6 Å². The molecule has 2 N–H and O–H groups in total. The number of benzene rings is 3. The SMILES string of the molecule is CN(C)C(CNC(=O)C(Cc1ccccc1)NS(=O)(=O)c1ccccc1F)Cc1ccccc1. The summed E-state index contributed by atoms with van der Waals surface area (Å²) in [4.78, 5) is 14.7. The van der Waals surface area contributed by atoms with Gasteiger partial charge in [-0.1, -0.05) is 72.8 Å². The van der Waals surface area contributed by atoms with Gasteiger partial charge >= 0.3 is 0 Å². The van der Waals surface area contributed by atoms with Gasteiger partial charge in [0.15, 0.2) is 0 Å². The van der Waals surface area contributed by atoms with Crippen molar-refractivity contribution in [3.8, 4) is 0 Å². The lowest BCUT2D eigenvalue weighted by Gasteiger charge is -2.26. The average Bonchev–Trinajstić information content (AvgIpc) is 2.82. The molecule has 3 aromatic rings. The van der Waals surface area contributed by atoms with Gasteiger partial charge in [-0.05, 0) is 50.2 Å². The molecule has 0 heterocycles. The quantitative estimate of drug-likeness (QED) is 0.440. The van der Waals surface area contributed by atoms with Crippen LogP contribution in [0.4, 0.5) is 4.39 Å². The van der Waals surface area contributed by atoms with Gasteiger partial charge < -0.3 is 10.2 Å². The van der Waals surface area contributed by atoms with Gasteiger partial charge in [0.05, 0.1) is 0 Å². The van der Waals surface area contributed by atoms with Gasteiger partial charge in [-0.15, -0.1) is 0 Å². The molecule has 0 saturated carbocycles. The Morgan fingerprint density at radius 2 is 1.38 bits per heavy atom. The number of sulfonamides is 1. The molecular weight excluding hydrogens is 453 g/mol.